The Kier molecular flexibility index (Phi) is 5.99. The van der Waals surface area contributed by atoms with Crippen molar-refractivity contribution < 1.29 is 19.0 Å². The van der Waals surface area contributed by atoms with E-state index >= 15 is 0 Å². The van der Waals surface area contributed by atoms with E-state index in [2.05, 4.69) is 4.98 Å². The smallest absolute Gasteiger partial charge is 0.331 e. The molecule has 0 aliphatic rings. The number of ether oxygens (including phenoxy) is 3. The van der Waals surface area contributed by atoms with Gasteiger partial charge in [-0.25, -0.2) is 9.78 Å². The number of methoxy groups -OCH3 is 1. The van der Waals surface area contributed by atoms with Crippen molar-refractivity contribution in [1.29, 1.82) is 0 Å². The third-order valence-electron chi connectivity index (χ3n) is 4.51. The fourth-order valence-corrected chi connectivity index (χ4v) is 4.17. The van der Waals surface area contributed by atoms with Crippen LogP contribution in [0.1, 0.15) is 18.2 Å². The first-order chi connectivity index (χ1) is 15.1. The molecule has 2 aromatic heterocycles. The number of hydrogen-bond acceptors (Lipinski definition) is 7. The molecule has 158 valence electrons. The maximum Gasteiger partial charge on any atom is 0.331 e. The highest BCUT2D eigenvalue weighted by Gasteiger charge is 2.10. The number of thiazole rings is 1. The SMILES string of the molecule is CCOc1cc(/C=C/C(=O)OCc2cc(=O)n3c(n2)sc2ccccc23)ccc1OC. The topological polar surface area (TPSA) is 79.1 Å². The van der Waals surface area contributed by atoms with Crippen molar-refractivity contribution in [2.75, 3.05) is 13.7 Å². The lowest BCUT2D eigenvalue weighted by Crippen LogP contribution is -2.14. The molecule has 0 N–H and O–H groups in total. The van der Waals surface area contributed by atoms with Gasteiger partial charge < -0.3 is 14.2 Å². The Labute approximate surface area is 182 Å². The first-order valence-electron chi connectivity index (χ1n) is 9.65. The predicted molar refractivity (Wildman–Crippen MR) is 120 cm³/mol. The second kappa shape index (κ2) is 9.01. The number of carbonyl (C=O) groups is 1. The molecular formula is C23H20N2O5S. The van der Waals surface area contributed by atoms with Gasteiger partial charge in [0.25, 0.3) is 5.56 Å². The van der Waals surface area contributed by atoms with Gasteiger partial charge in [-0.05, 0) is 42.8 Å². The number of nitrogens with zero attached hydrogens (tertiary/aromatic N) is 2. The second-order valence-corrected chi connectivity index (χ2v) is 7.57. The van der Waals surface area contributed by atoms with Gasteiger partial charge in [0.2, 0.25) is 0 Å². The van der Waals surface area contributed by atoms with Crippen LogP contribution in [0.15, 0.2) is 59.4 Å². The Morgan fingerprint density at radius 2 is 2.00 bits per heavy atom. The molecule has 0 fully saturated rings. The summed E-state index contributed by atoms with van der Waals surface area (Å²) in [5.41, 5.74) is 1.79. The van der Waals surface area contributed by atoms with E-state index in [0.717, 1.165) is 15.8 Å². The summed E-state index contributed by atoms with van der Waals surface area (Å²) >= 11 is 1.42. The number of para-hydroxylation sites is 1. The molecule has 0 radical (unpaired) electrons. The summed E-state index contributed by atoms with van der Waals surface area (Å²) in [6.45, 7) is 2.30. The molecule has 0 amide bonds. The van der Waals surface area contributed by atoms with Crippen molar-refractivity contribution in [1.82, 2.24) is 9.38 Å². The number of aromatic nitrogens is 2. The van der Waals surface area contributed by atoms with Crippen LogP contribution in [0.3, 0.4) is 0 Å². The van der Waals surface area contributed by atoms with Crippen molar-refractivity contribution in [3.05, 3.63) is 76.2 Å². The first-order valence-corrected chi connectivity index (χ1v) is 10.5. The van der Waals surface area contributed by atoms with Gasteiger partial charge in [-0.15, -0.1) is 0 Å². The Hall–Kier alpha value is -3.65. The van der Waals surface area contributed by atoms with Gasteiger partial charge in [0.05, 0.1) is 29.6 Å². The molecule has 8 heteroatoms. The largest absolute Gasteiger partial charge is 0.493 e. The molecule has 7 nitrogen and oxygen atoms in total. The zero-order valence-electron chi connectivity index (χ0n) is 17.0. The van der Waals surface area contributed by atoms with Crippen LogP contribution in [0.2, 0.25) is 0 Å². The van der Waals surface area contributed by atoms with Crippen LogP contribution < -0.4 is 15.0 Å². The average Bonchev–Trinajstić information content (AvgIpc) is 3.15. The minimum absolute atomic E-state index is 0.0873. The highest BCUT2D eigenvalue weighted by Crippen LogP contribution is 2.28. The average molecular weight is 436 g/mol. The van der Waals surface area contributed by atoms with Crippen molar-refractivity contribution in [2.45, 2.75) is 13.5 Å². The van der Waals surface area contributed by atoms with E-state index in [1.165, 1.54) is 23.5 Å². The zero-order chi connectivity index (χ0) is 21.8. The van der Waals surface area contributed by atoms with Crippen molar-refractivity contribution >= 4 is 38.6 Å². The molecule has 0 unspecified atom stereocenters. The maximum atomic E-state index is 12.5. The van der Waals surface area contributed by atoms with E-state index in [1.54, 1.807) is 29.7 Å². The molecule has 0 bridgehead atoms. The maximum absolute atomic E-state index is 12.5. The number of rotatable bonds is 7. The van der Waals surface area contributed by atoms with E-state index in [4.69, 9.17) is 14.2 Å². The first kappa shape index (κ1) is 20.6. The van der Waals surface area contributed by atoms with E-state index in [-0.39, 0.29) is 12.2 Å². The monoisotopic (exact) mass is 436 g/mol. The van der Waals surface area contributed by atoms with Crippen LogP contribution in [0.4, 0.5) is 0 Å². The van der Waals surface area contributed by atoms with E-state index in [1.807, 2.05) is 37.3 Å². The van der Waals surface area contributed by atoms with Crippen LogP contribution in [0.5, 0.6) is 11.5 Å². The van der Waals surface area contributed by atoms with E-state index in [0.29, 0.717) is 28.8 Å². The molecule has 2 heterocycles. The molecule has 0 atom stereocenters. The number of benzene rings is 2. The molecule has 0 aliphatic heterocycles. The fourth-order valence-electron chi connectivity index (χ4n) is 3.12. The van der Waals surface area contributed by atoms with Gasteiger partial charge in [-0.1, -0.05) is 29.5 Å². The summed E-state index contributed by atoms with van der Waals surface area (Å²) in [5.74, 6) is 0.685. The minimum Gasteiger partial charge on any atom is -0.493 e. The van der Waals surface area contributed by atoms with Crippen LogP contribution >= 0.6 is 11.3 Å². The van der Waals surface area contributed by atoms with Crippen molar-refractivity contribution in [3.8, 4) is 11.5 Å². The molecule has 0 saturated heterocycles. The Bertz CT molecular complexity index is 1340. The quantitative estimate of drug-likeness (QED) is 0.321. The molecule has 0 spiro atoms. The lowest BCUT2D eigenvalue weighted by molar-refractivity contribution is -0.139. The molecule has 0 aliphatic carbocycles. The standard InChI is InChI=1S/C23H20N2O5S/c1-3-29-19-12-15(8-10-18(19)28-2)9-11-22(27)30-14-16-13-21(26)25-17-6-4-5-7-20(17)31-23(25)24-16/h4-13H,3,14H2,1-2H3/b11-9+. The summed E-state index contributed by atoms with van der Waals surface area (Å²) in [5, 5.41) is 0. The van der Waals surface area contributed by atoms with Crippen LogP contribution in [-0.2, 0) is 16.1 Å². The van der Waals surface area contributed by atoms with Crippen LogP contribution in [0, 0.1) is 0 Å². The highest BCUT2D eigenvalue weighted by atomic mass is 32.1. The Balaban J connectivity index is 1.46. The van der Waals surface area contributed by atoms with Gasteiger partial charge >= 0.3 is 5.97 Å². The number of carbonyl (C=O) groups excluding carboxylic acids is 1. The summed E-state index contributed by atoms with van der Waals surface area (Å²) in [4.78, 5) is 29.7. The predicted octanol–water partition coefficient (Wildman–Crippen LogP) is 4.07. The summed E-state index contributed by atoms with van der Waals surface area (Å²) in [6.07, 6.45) is 2.95. The zero-order valence-corrected chi connectivity index (χ0v) is 17.8. The van der Waals surface area contributed by atoms with Gasteiger partial charge in [-0.3, -0.25) is 9.20 Å². The lowest BCUT2D eigenvalue weighted by atomic mass is 10.2. The molecular weight excluding hydrogens is 416 g/mol. The number of hydrogen-bond donors (Lipinski definition) is 0. The highest BCUT2D eigenvalue weighted by molar-refractivity contribution is 7.23. The van der Waals surface area contributed by atoms with Crippen molar-refractivity contribution in [2.24, 2.45) is 0 Å². The fraction of sp³-hybridized carbons (Fsp3) is 0.174. The third kappa shape index (κ3) is 4.44. The number of fused-ring (bicyclic) bond motifs is 3. The van der Waals surface area contributed by atoms with E-state index in [9.17, 15) is 9.59 Å². The molecule has 0 saturated carbocycles. The second-order valence-electron chi connectivity index (χ2n) is 6.56. The third-order valence-corrected chi connectivity index (χ3v) is 5.53. The Morgan fingerprint density at radius 3 is 2.81 bits per heavy atom. The summed E-state index contributed by atoms with van der Waals surface area (Å²) < 4.78 is 18.6. The minimum atomic E-state index is -0.535. The normalized spacial score (nSPS) is 11.3. The summed E-state index contributed by atoms with van der Waals surface area (Å²) in [7, 11) is 1.57. The van der Waals surface area contributed by atoms with E-state index < -0.39 is 5.97 Å². The summed E-state index contributed by atoms with van der Waals surface area (Å²) in [6, 6.07) is 14.4. The van der Waals surface area contributed by atoms with Crippen LogP contribution in [0.25, 0.3) is 21.3 Å². The van der Waals surface area contributed by atoms with Crippen molar-refractivity contribution in [3.63, 3.8) is 0 Å². The molecule has 4 aromatic rings. The van der Waals surface area contributed by atoms with Gasteiger partial charge in [0.15, 0.2) is 16.5 Å². The Morgan fingerprint density at radius 1 is 1.16 bits per heavy atom. The van der Waals surface area contributed by atoms with Gasteiger partial charge in [0.1, 0.15) is 6.61 Å². The lowest BCUT2D eigenvalue weighted by Gasteiger charge is -2.09. The molecule has 2 aromatic carbocycles. The molecule has 4 rings (SSSR count). The molecule has 31 heavy (non-hydrogen) atoms. The van der Waals surface area contributed by atoms with Gasteiger partial charge in [0, 0.05) is 12.1 Å². The van der Waals surface area contributed by atoms with Crippen LogP contribution in [-0.4, -0.2) is 29.1 Å². The number of esters is 1. The van der Waals surface area contributed by atoms with Gasteiger partial charge in [-0.2, -0.15) is 0 Å².